The Morgan fingerprint density at radius 3 is 2.50 bits per heavy atom. The van der Waals surface area contributed by atoms with Crippen molar-refractivity contribution >= 4 is 15.9 Å². The van der Waals surface area contributed by atoms with E-state index in [0.717, 1.165) is 16.9 Å². The third kappa shape index (κ3) is 1.41. The van der Waals surface area contributed by atoms with Gasteiger partial charge in [-0.1, -0.05) is 0 Å². The van der Waals surface area contributed by atoms with Crippen molar-refractivity contribution in [3.63, 3.8) is 0 Å². The minimum absolute atomic E-state index is 0.248. The summed E-state index contributed by atoms with van der Waals surface area (Å²) < 4.78 is 5.84. The number of phenols is 1. The fraction of sp³-hybridized carbons (Fsp3) is 0.333. The van der Waals surface area contributed by atoms with Crippen LogP contribution in [0.3, 0.4) is 0 Å². The van der Waals surface area contributed by atoms with Crippen LogP contribution >= 0.6 is 15.9 Å². The summed E-state index contributed by atoms with van der Waals surface area (Å²) in [6.45, 7) is 3.77. The molecule has 0 atom stereocenters. The van der Waals surface area contributed by atoms with Crippen LogP contribution in [-0.2, 0) is 0 Å². The van der Waals surface area contributed by atoms with Gasteiger partial charge in [0.05, 0.1) is 11.6 Å². The number of phenolic OH excluding ortho intramolecular Hbond substituents is 1. The summed E-state index contributed by atoms with van der Waals surface area (Å²) in [5.74, 6) is 0.994. The van der Waals surface area contributed by atoms with E-state index in [-0.39, 0.29) is 5.75 Å². The molecule has 1 aromatic carbocycles. The summed E-state index contributed by atoms with van der Waals surface area (Å²) in [6, 6.07) is 1.83. The van der Waals surface area contributed by atoms with Gasteiger partial charge in [-0.3, -0.25) is 0 Å². The van der Waals surface area contributed by atoms with E-state index in [0.29, 0.717) is 4.47 Å². The zero-order valence-corrected chi connectivity index (χ0v) is 8.90. The van der Waals surface area contributed by atoms with E-state index in [1.165, 1.54) is 0 Å². The molecule has 12 heavy (non-hydrogen) atoms. The van der Waals surface area contributed by atoms with Crippen LogP contribution in [0.5, 0.6) is 11.5 Å². The molecule has 0 amide bonds. The molecule has 1 aromatic rings. The van der Waals surface area contributed by atoms with Crippen LogP contribution in [0.15, 0.2) is 10.5 Å². The molecule has 0 fully saturated rings. The molecule has 0 aromatic heterocycles. The van der Waals surface area contributed by atoms with Gasteiger partial charge in [0.15, 0.2) is 0 Å². The predicted molar refractivity (Wildman–Crippen MR) is 51.8 cm³/mol. The lowest BCUT2D eigenvalue weighted by Gasteiger charge is -2.10. The zero-order chi connectivity index (χ0) is 9.30. The topological polar surface area (TPSA) is 29.5 Å². The first-order chi connectivity index (χ1) is 5.57. The van der Waals surface area contributed by atoms with Crippen LogP contribution in [-0.4, -0.2) is 12.2 Å². The van der Waals surface area contributed by atoms with Crippen molar-refractivity contribution in [2.45, 2.75) is 13.8 Å². The molecule has 1 N–H and O–H groups in total. The van der Waals surface area contributed by atoms with Crippen molar-refractivity contribution in [1.82, 2.24) is 0 Å². The molecule has 3 heteroatoms. The molecule has 0 aliphatic carbocycles. The number of rotatable bonds is 1. The molecule has 0 spiro atoms. The summed E-state index contributed by atoms with van der Waals surface area (Å²) in [4.78, 5) is 0. The van der Waals surface area contributed by atoms with Crippen LogP contribution < -0.4 is 4.74 Å². The van der Waals surface area contributed by atoms with Gasteiger partial charge in [-0.2, -0.15) is 0 Å². The first kappa shape index (κ1) is 9.39. The van der Waals surface area contributed by atoms with Gasteiger partial charge in [0.1, 0.15) is 11.5 Å². The predicted octanol–water partition coefficient (Wildman–Crippen LogP) is 2.78. The fourth-order valence-corrected chi connectivity index (χ4v) is 1.86. The summed E-state index contributed by atoms with van der Waals surface area (Å²) in [6.07, 6.45) is 0. The Hall–Kier alpha value is -0.700. The molecule has 66 valence electrons. The number of benzene rings is 1. The van der Waals surface area contributed by atoms with E-state index < -0.39 is 0 Å². The maximum atomic E-state index is 9.52. The van der Waals surface area contributed by atoms with E-state index in [2.05, 4.69) is 15.9 Å². The molecule has 0 radical (unpaired) electrons. The average molecular weight is 231 g/mol. The van der Waals surface area contributed by atoms with Gasteiger partial charge in [0.2, 0.25) is 0 Å². The number of methoxy groups -OCH3 is 1. The Morgan fingerprint density at radius 1 is 1.42 bits per heavy atom. The Balaban J connectivity index is 3.40. The molecule has 0 aliphatic heterocycles. The first-order valence-electron chi connectivity index (χ1n) is 3.60. The lowest BCUT2D eigenvalue weighted by Crippen LogP contribution is -1.91. The second kappa shape index (κ2) is 3.35. The SMILES string of the molecule is COc1c(C)cc(Br)c(O)c1C. The smallest absolute Gasteiger partial charge is 0.136 e. The highest BCUT2D eigenvalue weighted by Gasteiger charge is 2.10. The molecule has 0 saturated carbocycles. The number of aromatic hydroxyl groups is 1. The van der Waals surface area contributed by atoms with E-state index in [4.69, 9.17) is 4.74 Å². The normalized spacial score (nSPS) is 10.0. The van der Waals surface area contributed by atoms with Gasteiger partial charge in [-0.05, 0) is 41.4 Å². The van der Waals surface area contributed by atoms with E-state index in [9.17, 15) is 5.11 Å². The molecule has 1 rings (SSSR count). The van der Waals surface area contributed by atoms with Gasteiger partial charge in [0.25, 0.3) is 0 Å². The van der Waals surface area contributed by atoms with Crippen molar-refractivity contribution in [3.05, 3.63) is 21.7 Å². The number of hydrogen-bond acceptors (Lipinski definition) is 2. The standard InChI is InChI=1S/C9H11BrO2/c1-5-4-7(10)8(11)6(2)9(5)12-3/h4,11H,1-3H3. The van der Waals surface area contributed by atoms with Crippen LogP contribution in [0.2, 0.25) is 0 Å². The van der Waals surface area contributed by atoms with Crippen LogP contribution in [0.25, 0.3) is 0 Å². The number of aryl methyl sites for hydroxylation is 1. The highest BCUT2D eigenvalue weighted by Crippen LogP contribution is 2.36. The van der Waals surface area contributed by atoms with Crippen molar-refractivity contribution in [2.24, 2.45) is 0 Å². The molecule has 0 heterocycles. The first-order valence-corrected chi connectivity index (χ1v) is 4.40. The number of halogens is 1. The minimum Gasteiger partial charge on any atom is -0.506 e. The Morgan fingerprint density at radius 2 is 2.00 bits per heavy atom. The summed E-state index contributed by atoms with van der Waals surface area (Å²) >= 11 is 3.25. The van der Waals surface area contributed by atoms with Crippen LogP contribution in [0.1, 0.15) is 11.1 Å². The second-order valence-electron chi connectivity index (χ2n) is 2.68. The van der Waals surface area contributed by atoms with Crippen molar-refractivity contribution in [2.75, 3.05) is 7.11 Å². The molecule has 0 bridgehead atoms. The van der Waals surface area contributed by atoms with Gasteiger partial charge >= 0.3 is 0 Å². The monoisotopic (exact) mass is 230 g/mol. The van der Waals surface area contributed by atoms with Crippen LogP contribution in [0, 0.1) is 13.8 Å². The Bertz CT molecular complexity index is 308. The average Bonchev–Trinajstić information content (AvgIpc) is 2.01. The number of hydrogen-bond donors (Lipinski definition) is 1. The van der Waals surface area contributed by atoms with Crippen molar-refractivity contribution in [3.8, 4) is 11.5 Å². The Kier molecular flexibility index (Phi) is 2.62. The Labute approximate surface area is 80.3 Å². The summed E-state index contributed by atoms with van der Waals surface area (Å²) in [5, 5.41) is 9.52. The molecular weight excluding hydrogens is 220 g/mol. The lowest BCUT2D eigenvalue weighted by molar-refractivity contribution is 0.399. The van der Waals surface area contributed by atoms with E-state index >= 15 is 0 Å². The van der Waals surface area contributed by atoms with Crippen molar-refractivity contribution < 1.29 is 9.84 Å². The maximum Gasteiger partial charge on any atom is 0.136 e. The molecule has 2 nitrogen and oxygen atoms in total. The van der Waals surface area contributed by atoms with Gasteiger partial charge in [-0.15, -0.1) is 0 Å². The molecule has 0 aliphatic rings. The van der Waals surface area contributed by atoms with Crippen LogP contribution in [0.4, 0.5) is 0 Å². The molecular formula is C9H11BrO2. The largest absolute Gasteiger partial charge is 0.506 e. The number of ether oxygens (including phenoxy) is 1. The second-order valence-corrected chi connectivity index (χ2v) is 3.54. The third-order valence-electron chi connectivity index (χ3n) is 1.83. The fourth-order valence-electron chi connectivity index (χ4n) is 1.22. The lowest BCUT2D eigenvalue weighted by atomic mass is 10.1. The minimum atomic E-state index is 0.248. The highest BCUT2D eigenvalue weighted by atomic mass is 79.9. The third-order valence-corrected chi connectivity index (χ3v) is 2.43. The van der Waals surface area contributed by atoms with E-state index in [1.54, 1.807) is 7.11 Å². The highest BCUT2D eigenvalue weighted by molar-refractivity contribution is 9.10. The maximum absolute atomic E-state index is 9.52. The van der Waals surface area contributed by atoms with Gasteiger partial charge in [-0.25, -0.2) is 0 Å². The van der Waals surface area contributed by atoms with Gasteiger partial charge in [0, 0.05) is 5.56 Å². The summed E-state index contributed by atoms with van der Waals surface area (Å²) in [5.41, 5.74) is 1.78. The molecule has 0 unspecified atom stereocenters. The molecule has 0 saturated heterocycles. The van der Waals surface area contributed by atoms with Crippen molar-refractivity contribution in [1.29, 1.82) is 0 Å². The van der Waals surface area contributed by atoms with Gasteiger partial charge < -0.3 is 9.84 Å². The quantitative estimate of drug-likeness (QED) is 0.805. The van der Waals surface area contributed by atoms with E-state index in [1.807, 2.05) is 19.9 Å². The summed E-state index contributed by atoms with van der Waals surface area (Å²) in [7, 11) is 1.60. The zero-order valence-electron chi connectivity index (χ0n) is 7.31.